The number of aliphatic carboxylic acids is 1. The van der Waals surface area contributed by atoms with Gasteiger partial charge < -0.3 is 10.0 Å². The maximum Gasteiger partial charge on any atom is 0.326 e. The highest BCUT2D eigenvalue weighted by Gasteiger charge is 2.36. The molecule has 22 heavy (non-hydrogen) atoms. The van der Waals surface area contributed by atoms with Gasteiger partial charge in [-0.25, -0.2) is 4.79 Å². The molecule has 4 nitrogen and oxygen atoms in total. The molecule has 1 fully saturated rings. The largest absolute Gasteiger partial charge is 0.480 e. The van der Waals surface area contributed by atoms with E-state index in [4.69, 9.17) is 0 Å². The molecule has 2 atom stereocenters. The van der Waals surface area contributed by atoms with Crippen LogP contribution in [-0.4, -0.2) is 34.5 Å². The summed E-state index contributed by atoms with van der Waals surface area (Å²) in [6.45, 7) is 6.77. The van der Waals surface area contributed by atoms with E-state index in [1.807, 2.05) is 19.1 Å². The predicted octanol–water partition coefficient (Wildman–Crippen LogP) is 3.06. The molecule has 1 saturated heterocycles. The van der Waals surface area contributed by atoms with Crippen molar-refractivity contribution in [1.29, 1.82) is 0 Å². The summed E-state index contributed by atoms with van der Waals surface area (Å²) in [6.07, 6.45) is 2.35. The Kier molecular flexibility index (Phi) is 5.22. The quantitative estimate of drug-likeness (QED) is 0.909. The van der Waals surface area contributed by atoms with Crippen LogP contribution in [0.4, 0.5) is 0 Å². The molecule has 0 spiro atoms. The molecule has 0 radical (unpaired) electrons. The van der Waals surface area contributed by atoms with Crippen LogP contribution in [0.25, 0.3) is 0 Å². The molecule has 1 heterocycles. The number of carbonyl (C=O) groups excluding carboxylic acids is 1. The molecular formula is C18H25NO3. The predicted molar refractivity (Wildman–Crippen MR) is 85.8 cm³/mol. The van der Waals surface area contributed by atoms with E-state index in [-0.39, 0.29) is 11.8 Å². The van der Waals surface area contributed by atoms with Gasteiger partial charge >= 0.3 is 5.97 Å². The van der Waals surface area contributed by atoms with Crippen LogP contribution in [-0.2, 0) is 16.0 Å². The third-order valence-electron chi connectivity index (χ3n) is 4.32. The SMILES string of the molecule is CC(C)Cc1ccc([C@H](C)C(=O)N2CCCC2C(=O)O)cc1. The summed E-state index contributed by atoms with van der Waals surface area (Å²) >= 11 is 0. The Balaban J connectivity index is 2.08. The summed E-state index contributed by atoms with van der Waals surface area (Å²) in [5.74, 6) is -0.675. The van der Waals surface area contributed by atoms with Crippen molar-refractivity contribution >= 4 is 11.9 Å². The fraction of sp³-hybridized carbons (Fsp3) is 0.556. The number of hydrogen-bond donors (Lipinski definition) is 1. The van der Waals surface area contributed by atoms with Crippen LogP contribution in [0.2, 0.25) is 0 Å². The molecule has 120 valence electrons. The second-order valence-electron chi connectivity index (χ2n) is 6.59. The normalized spacial score (nSPS) is 19.5. The molecule has 2 rings (SSSR count). The van der Waals surface area contributed by atoms with Gasteiger partial charge in [0.2, 0.25) is 5.91 Å². The fourth-order valence-electron chi connectivity index (χ4n) is 3.09. The Morgan fingerprint density at radius 3 is 2.41 bits per heavy atom. The van der Waals surface area contributed by atoms with Crippen molar-refractivity contribution in [1.82, 2.24) is 4.90 Å². The van der Waals surface area contributed by atoms with E-state index < -0.39 is 12.0 Å². The first kappa shape index (κ1) is 16.5. The van der Waals surface area contributed by atoms with E-state index in [9.17, 15) is 14.7 Å². The molecule has 1 unspecified atom stereocenters. The van der Waals surface area contributed by atoms with Crippen molar-refractivity contribution in [3.05, 3.63) is 35.4 Å². The summed E-state index contributed by atoms with van der Waals surface area (Å²) < 4.78 is 0. The van der Waals surface area contributed by atoms with E-state index >= 15 is 0 Å². The highest BCUT2D eigenvalue weighted by atomic mass is 16.4. The average Bonchev–Trinajstić information content (AvgIpc) is 2.95. The van der Waals surface area contributed by atoms with Gasteiger partial charge in [0, 0.05) is 6.54 Å². The summed E-state index contributed by atoms with van der Waals surface area (Å²) in [5.41, 5.74) is 2.22. The van der Waals surface area contributed by atoms with Crippen molar-refractivity contribution < 1.29 is 14.7 Å². The summed E-state index contributed by atoms with van der Waals surface area (Å²) in [5, 5.41) is 9.21. The second-order valence-corrected chi connectivity index (χ2v) is 6.59. The fourth-order valence-corrected chi connectivity index (χ4v) is 3.09. The van der Waals surface area contributed by atoms with Gasteiger partial charge in [0.1, 0.15) is 6.04 Å². The van der Waals surface area contributed by atoms with Crippen LogP contribution < -0.4 is 0 Å². The molecule has 0 saturated carbocycles. The molecule has 0 aliphatic carbocycles. The van der Waals surface area contributed by atoms with Gasteiger partial charge in [0.05, 0.1) is 5.92 Å². The molecule has 1 N–H and O–H groups in total. The minimum Gasteiger partial charge on any atom is -0.480 e. The van der Waals surface area contributed by atoms with Gasteiger partial charge in [0.25, 0.3) is 0 Å². The van der Waals surface area contributed by atoms with Gasteiger partial charge in [-0.3, -0.25) is 4.79 Å². The van der Waals surface area contributed by atoms with E-state index in [0.29, 0.717) is 18.9 Å². The first-order valence-corrected chi connectivity index (χ1v) is 8.02. The van der Waals surface area contributed by atoms with Gasteiger partial charge in [0.15, 0.2) is 0 Å². The third kappa shape index (κ3) is 3.67. The van der Waals surface area contributed by atoms with Crippen LogP contribution in [0.15, 0.2) is 24.3 Å². The van der Waals surface area contributed by atoms with Crippen LogP contribution in [0.1, 0.15) is 50.7 Å². The first-order valence-electron chi connectivity index (χ1n) is 8.02. The zero-order chi connectivity index (χ0) is 16.3. The first-order chi connectivity index (χ1) is 10.4. The number of carbonyl (C=O) groups is 2. The number of carboxylic acids is 1. The van der Waals surface area contributed by atoms with Gasteiger partial charge in [-0.05, 0) is 43.2 Å². The molecule has 1 aliphatic heterocycles. The van der Waals surface area contributed by atoms with E-state index in [1.165, 1.54) is 10.5 Å². The van der Waals surface area contributed by atoms with Crippen molar-refractivity contribution in [3.8, 4) is 0 Å². The van der Waals surface area contributed by atoms with Crippen molar-refractivity contribution in [3.63, 3.8) is 0 Å². The standard InChI is InChI=1S/C18H25NO3/c1-12(2)11-14-6-8-15(9-7-14)13(3)17(20)19-10-4-5-16(19)18(21)22/h6-9,12-13,16H,4-5,10-11H2,1-3H3,(H,21,22)/t13-,16?/m0/s1. The lowest BCUT2D eigenvalue weighted by Crippen LogP contribution is -2.42. The molecule has 1 aliphatic rings. The number of nitrogens with zero attached hydrogens (tertiary/aromatic N) is 1. The van der Waals surface area contributed by atoms with Gasteiger partial charge in [-0.15, -0.1) is 0 Å². The van der Waals surface area contributed by atoms with Crippen molar-refractivity contribution in [2.75, 3.05) is 6.54 Å². The van der Waals surface area contributed by atoms with E-state index in [2.05, 4.69) is 26.0 Å². The maximum atomic E-state index is 12.6. The number of rotatable bonds is 5. The van der Waals surface area contributed by atoms with Crippen molar-refractivity contribution in [2.24, 2.45) is 5.92 Å². The number of hydrogen-bond acceptors (Lipinski definition) is 2. The number of amides is 1. The maximum absolute atomic E-state index is 12.6. The molecule has 0 aromatic heterocycles. The lowest BCUT2D eigenvalue weighted by Gasteiger charge is -2.25. The summed E-state index contributed by atoms with van der Waals surface area (Å²) in [6, 6.07) is 7.46. The number of carboxylic acid groups (broad SMARTS) is 1. The Morgan fingerprint density at radius 1 is 1.23 bits per heavy atom. The Bertz CT molecular complexity index is 536. The minimum absolute atomic E-state index is 0.0819. The second kappa shape index (κ2) is 6.95. The van der Waals surface area contributed by atoms with E-state index in [1.54, 1.807) is 0 Å². The molecule has 1 aromatic rings. The lowest BCUT2D eigenvalue weighted by molar-refractivity contribution is -0.148. The van der Waals surface area contributed by atoms with Crippen LogP contribution in [0.5, 0.6) is 0 Å². The Morgan fingerprint density at radius 2 is 1.86 bits per heavy atom. The molecule has 0 bridgehead atoms. The number of likely N-dealkylation sites (tertiary alicyclic amines) is 1. The minimum atomic E-state index is -0.898. The molecular weight excluding hydrogens is 278 g/mol. The molecule has 1 aromatic carbocycles. The average molecular weight is 303 g/mol. The highest BCUT2D eigenvalue weighted by Crippen LogP contribution is 2.25. The smallest absolute Gasteiger partial charge is 0.326 e. The zero-order valence-corrected chi connectivity index (χ0v) is 13.6. The monoisotopic (exact) mass is 303 g/mol. The van der Waals surface area contributed by atoms with Gasteiger partial charge in [-0.2, -0.15) is 0 Å². The van der Waals surface area contributed by atoms with Crippen LogP contribution in [0.3, 0.4) is 0 Å². The highest BCUT2D eigenvalue weighted by molar-refractivity contribution is 5.88. The van der Waals surface area contributed by atoms with Crippen molar-refractivity contribution in [2.45, 2.75) is 52.0 Å². The van der Waals surface area contributed by atoms with E-state index in [0.717, 1.165) is 18.4 Å². The molecule has 4 heteroatoms. The molecule has 1 amide bonds. The van der Waals surface area contributed by atoms with Gasteiger partial charge in [-0.1, -0.05) is 38.1 Å². The number of benzene rings is 1. The topological polar surface area (TPSA) is 57.6 Å². The third-order valence-corrected chi connectivity index (χ3v) is 4.32. The van der Waals surface area contributed by atoms with Crippen LogP contribution in [0, 0.1) is 5.92 Å². The lowest BCUT2D eigenvalue weighted by atomic mass is 9.95. The zero-order valence-electron chi connectivity index (χ0n) is 13.6. The Hall–Kier alpha value is -1.84. The summed E-state index contributed by atoms with van der Waals surface area (Å²) in [4.78, 5) is 25.3. The van der Waals surface area contributed by atoms with Crippen LogP contribution >= 0.6 is 0 Å². The Labute approximate surface area is 132 Å². The summed E-state index contributed by atoms with van der Waals surface area (Å²) in [7, 11) is 0.